The Morgan fingerprint density at radius 2 is 2.17 bits per heavy atom. The van der Waals surface area contributed by atoms with E-state index in [-0.39, 0.29) is 19.1 Å². The van der Waals surface area contributed by atoms with Crippen LogP contribution in [0.3, 0.4) is 0 Å². The van der Waals surface area contributed by atoms with E-state index in [1.165, 1.54) is 6.08 Å². The molecule has 1 unspecified atom stereocenters. The van der Waals surface area contributed by atoms with Gasteiger partial charge in [-0.05, 0) is 31.0 Å². The highest BCUT2D eigenvalue weighted by atomic mass is 16.6. The van der Waals surface area contributed by atoms with E-state index in [0.29, 0.717) is 13.2 Å². The fourth-order valence-corrected chi connectivity index (χ4v) is 1.75. The Bertz CT molecular complexity index is 544. The van der Waals surface area contributed by atoms with Crippen LogP contribution in [0.4, 0.5) is 0 Å². The van der Waals surface area contributed by atoms with Gasteiger partial charge in [0.25, 0.3) is 5.91 Å². The van der Waals surface area contributed by atoms with Crippen molar-refractivity contribution in [1.29, 1.82) is 0 Å². The molecule has 0 radical (unpaired) electrons. The van der Waals surface area contributed by atoms with E-state index in [4.69, 9.17) is 14.2 Å². The van der Waals surface area contributed by atoms with Gasteiger partial charge in [0.05, 0.1) is 13.2 Å². The molecule has 1 aromatic rings. The van der Waals surface area contributed by atoms with Crippen molar-refractivity contribution < 1.29 is 23.8 Å². The van der Waals surface area contributed by atoms with Gasteiger partial charge in [0.15, 0.2) is 12.7 Å². The van der Waals surface area contributed by atoms with Crippen LogP contribution < -0.4 is 10.1 Å². The minimum atomic E-state index is -0.733. The van der Waals surface area contributed by atoms with E-state index in [9.17, 15) is 9.59 Å². The molecular formula is C18H25NO5. The molecule has 1 N–H and O–H groups in total. The fraction of sp³-hybridized carbons (Fsp3) is 0.444. The third-order valence-corrected chi connectivity index (χ3v) is 3.00. The van der Waals surface area contributed by atoms with Crippen molar-refractivity contribution in [3.05, 3.63) is 42.5 Å². The van der Waals surface area contributed by atoms with Crippen molar-refractivity contribution in [2.45, 2.75) is 32.9 Å². The number of hydrogen-bond acceptors (Lipinski definition) is 5. The molecule has 24 heavy (non-hydrogen) atoms. The minimum absolute atomic E-state index is 0.249. The van der Waals surface area contributed by atoms with Crippen molar-refractivity contribution in [2.24, 2.45) is 0 Å². The molecule has 0 saturated heterocycles. The normalized spacial score (nSPS) is 11.4. The lowest BCUT2D eigenvalue weighted by Gasteiger charge is -2.12. The standard InChI is InChI=1S/C18H25NO5/c1-4-9-22-14(3)18(21)24-13-17(20)19-12-15-7-6-8-16(11-15)23-10-5-2/h4,6-8,11,14H,1,5,9-10,12-13H2,2-3H3,(H,19,20). The summed E-state index contributed by atoms with van der Waals surface area (Å²) in [6.45, 7) is 7.98. The van der Waals surface area contributed by atoms with Gasteiger partial charge < -0.3 is 19.5 Å². The molecule has 0 aliphatic rings. The smallest absolute Gasteiger partial charge is 0.335 e. The number of hydrogen-bond donors (Lipinski definition) is 1. The van der Waals surface area contributed by atoms with Crippen molar-refractivity contribution in [1.82, 2.24) is 5.32 Å². The van der Waals surface area contributed by atoms with Crippen molar-refractivity contribution in [3.63, 3.8) is 0 Å². The quantitative estimate of drug-likeness (QED) is 0.496. The van der Waals surface area contributed by atoms with Gasteiger partial charge in [-0.15, -0.1) is 6.58 Å². The summed E-state index contributed by atoms with van der Waals surface area (Å²) >= 11 is 0. The van der Waals surface area contributed by atoms with Crippen LogP contribution in [0.2, 0.25) is 0 Å². The predicted molar refractivity (Wildman–Crippen MR) is 90.6 cm³/mol. The number of carbonyl (C=O) groups excluding carboxylic acids is 2. The van der Waals surface area contributed by atoms with E-state index in [1.54, 1.807) is 6.92 Å². The average Bonchev–Trinajstić information content (AvgIpc) is 2.60. The van der Waals surface area contributed by atoms with E-state index in [0.717, 1.165) is 17.7 Å². The molecule has 0 spiro atoms. The first kappa shape index (κ1) is 19.7. The van der Waals surface area contributed by atoms with Crippen LogP contribution in [0, 0.1) is 0 Å². The first-order chi connectivity index (χ1) is 11.6. The molecule has 0 aliphatic carbocycles. The molecule has 1 aromatic carbocycles. The lowest BCUT2D eigenvalue weighted by molar-refractivity contribution is -0.158. The van der Waals surface area contributed by atoms with Crippen molar-refractivity contribution in [3.8, 4) is 5.75 Å². The molecule has 0 saturated carbocycles. The molecular weight excluding hydrogens is 310 g/mol. The number of rotatable bonds is 11. The maximum Gasteiger partial charge on any atom is 0.335 e. The average molecular weight is 335 g/mol. The third kappa shape index (κ3) is 7.78. The summed E-state index contributed by atoms with van der Waals surface area (Å²) < 4.78 is 15.6. The molecule has 132 valence electrons. The zero-order valence-electron chi connectivity index (χ0n) is 14.2. The molecule has 0 aromatic heterocycles. The number of nitrogens with one attached hydrogen (secondary N) is 1. The van der Waals surface area contributed by atoms with Gasteiger partial charge in [0, 0.05) is 6.54 Å². The first-order valence-electron chi connectivity index (χ1n) is 7.94. The highest BCUT2D eigenvalue weighted by Crippen LogP contribution is 2.13. The number of benzene rings is 1. The Balaban J connectivity index is 2.33. The van der Waals surface area contributed by atoms with Crippen molar-refractivity contribution >= 4 is 11.9 Å². The second-order valence-electron chi connectivity index (χ2n) is 5.14. The van der Waals surface area contributed by atoms with Crippen LogP contribution in [0.5, 0.6) is 5.75 Å². The monoisotopic (exact) mass is 335 g/mol. The Morgan fingerprint density at radius 3 is 2.88 bits per heavy atom. The summed E-state index contributed by atoms with van der Waals surface area (Å²) in [6.07, 6.45) is 1.74. The van der Waals surface area contributed by atoms with Gasteiger partial charge in [0.2, 0.25) is 0 Å². The Kier molecular flexibility index (Phi) is 9.23. The second kappa shape index (κ2) is 11.2. The lowest BCUT2D eigenvalue weighted by atomic mass is 10.2. The van der Waals surface area contributed by atoms with E-state index >= 15 is 0 Å². The van der Waals surface area contributed by atoms with Crippen LogP contribution in [0.1, 0.15) is 25.8 Å². The molecule has 1 amide bonds. The summed E-state index contributed by atoms with van der Waals surface area (Å²) in [5.74, 6) is -0.190. The highest BCUT2D eigenvalue weighted by molar-refractivity contribution is 5.81. The zero-order chi connectivity index (χ0) is 17.8. The Labute approximate surface area is 142 Å². The van der Waals surface area contributed by atoms with Gasteiger partial charge >= 0.3 is 5.97 Å². The summed E-state index contributed by atoms with van der Waals surface area (Å²) in [4.78, 5) is 23.3. The number of ether oxygens (including phenoxy) is 3. The molecule has 0 aliphatic heterocycles. The predicted octanol–water partition coefficient (Wildman–Crippen LogP) is 2.23. The number of amides is 1. The maximum absolute atomic E-state index is 11.7. The van der Waals surface area contributed by atoms with Crippen LogP contribution >= 0.6 is 0 Å². The van der Waals surface area contributed by atoms with E-state index in [1.807, 2.05) is 31.2 Å². The van der Waals surface area contributed by atoms with Gasteiger partial charge in [-0.3, -0.25) is 4.79 Å². The lowest BCUT2D eigenvalue weighted by Crippen LogP contribution is -2.31. The van der Waals surface area contributed by atoms with Gasteiger partial charge in [-0.25, -0.2) is 4.79 Å². The van der Waals surface area contributed by atoms with E-state index in [2.05, 4.69) is 11.9 Å². The van der Waals surface area contributed by atoms with Gasteiger partial charge in [0.1, 0.15) is 5.75 Å². The highest BCUT2D eigenvalue weighted by Gasteiger charge is 2.15. The fourth-order valence-electron chi connectivity index (χ4n) is 1.75. The van der Waals surface area contributed by atoms with Crippen LogP contribution in [0.25, 0.3) is 0 Å². The number of carbonyl (C=O) groups is 2. The van der Waals surface area contributed by atoms with Gasteiger partial charge in [-0.2, -0.15) is 0 Å². The molecule has 1 rings (SSSR count). The zero-order valence-corrected chi connectivity index (χ0v) is 14.2. The van der Waals surface area contributed by atoms with Gasteiger partial charge in [-0.1, -0.05) is 25.1 Å². The molecule has 1 atom stereocenters. The molecule has 0 bridgehead atoms. The van der Waals surface area contributed by atoms with Crippen molar-refractivity contribution in [2.75, 3.05) is 19.8 Å². The first-order valence-corrected chi connectivity index (χ1v) is 7.94. The Hall–Kier alpha value is -2.34. The minimum Gasteiger partial charge on any atom is -0.494 e. The summed E-state index contributed by atoms with van der Waals surface area (Å²) in [5.41, 5.74) is 0.908. The summed E-state index contributed by atoms with van der Waals surface area (Å²) in [5, 5.41) is 2.69. The van der Waals surface area contributed by atoms with Crippen LogP contribution in [-0.4, -0.2) is 37.8 Å². The number of esters is 1. The molecule has 0 fully saturated rings. The Morgan fingerprint density at radius 1 is 1.38 bits per heavy atom. The topological polar surface area (TPSA) is 73.9 Å². The second-order valence-corrected chi connectivity index (χ2v) is 5.14. The molecule has 6 nitrogen and oxygen atoms in total. The summed E-state index contributed by atoms with van der Waals surface area (Å²) in [6, 6.07) is 7.49. The van der Waals surface area contributed by atoms with Crippen LogP contribution in [0.15, 0.2) is 36.9 Å². The molecule has 6 heteroatoms. The van der Waals surface area contributed by atoms with E-state index < -0.39 is 12.1 Å². The maximum atomic E-state index is 11.7. The van der Waals surface area contributed by atoms with Crippen LogP contribution in [-0.2, 0) is 25.6 Å². The largest absolute Gasteiger partial charge is 0.494 e. The third-order valence-electron chi connectivity index (χ3n) is 3.00. The SMILES string of the molecule is C=CCOC(C)C(=O)OCC(=O)NCc1cccc(OCCC)c1. The molecule has 0 heterocycles. The summed E-state index contributed by atoms with van der Waals surface area (Å²) in [7, 11) is 0.